The lowest BCUT2D eigenvalue weighted by atomic mass is 10.0. The standard InChI is InChI=1S/C15H21NO2S/c1-12(16-7-9-18-10-8-16)11-14(17)13-5-3-4-6-15(13)19-2/h3-6,12H,7-11H2,1-2H3. The van der Waals surface area contributed by atoms with Crippen molar-refractivity contribution in [3.63, 3.8) is 0 Å². The Morgan fingerprint density at radius 1 is 1.37 bits per heavy atom. The second-order valence-electron chi connectivity index (χ2n) is 4.82. The molecular formula is C15H21NO2S. The van der Waals surface area contributed by atoms with Crippen LogP contribution in [0.4, 0.5) is 0 Å². The van der Waals surface area contributed by atoms with Crippen molar-refractivity contribution in [2.24, 2.45) is 0 Å². The van der Waals surface area contributed by atoms with Crippen molar-refractivity contribution in [1.29, 1.82) is 0 Å². The summed E-state index contributed by atoms with van der Waals surface area (Å²) in [7, 11) is 0. The van der Waals surface area contributed by atoms with Crippen LogP contribution in [-0.4, -0.2) is 49.3 Å². The highest BCUT2D eigenvalue weighted by Crippen LogP contribution is 2.22. The monoisotopic (exact) mass is 279 g/mol. The Morgan fingerprint density at radius 3 is 2.74 bits per heavy atom. The predicted octanol–water partition coefficient (Wildman–Crippen LogP) is 2.70. The molecule has 2 rings (SSSR count). The summed E-state index contributed by atoms with van der Waals surface area (Å²) in [6.45, 7) is 5.54. The summed E-state index contributed by atoms with van der Waals surface area (Å²) in [5.74, 6) is 0.240. The highest BCUT2D eigenvalue weighted by Gasteiger charge is 2.21. The topological polar surface area (TPSA) is 29.5 Å². The van der Waals surface area contributed by atoms with Crippen molar-refractivity contribution in [3.8, 4) is 0 Å². The molecule has 1 unspecified atom stereocenters. The fourth-order valence-electron chi connectivity index (χ4n) is 2.40. The van der Waals surface area contributed by atoms with Gasteiger partial charge < -0.3 is 4.74 Å². The molecular weight excluding hydrogens is 258 g/mol. The maximum atomic E-state index is 12.4. The number of carbonyl (C=O) groups excluding carboxylic acids is 1. The van der Waals surface area contributed by atoms with Gasteiger partial charge in [-0.05, 0) is 19.2 Å². The third kappa shape index (κ3) is 3.81. The largest absolute Gasteiger partial charge is 0.379 e. The maximum absolute atomic E-state index is 12.4. The minimum atomic E-state index is 0.240. The molecule has 0 aromatic heterocycles. The first-order valence-electron chi connectivity index (χ1n) is 6.70. The molecule has 1 fully saturated rings. The Bertz CT molecular complexity index is 430. The lowest BCUT2D eigenvalue weighted by molar-refractivity contribution is 0.0188. The average Bonchev–Trinajstić information content (AvgIpc) is 2.48. The van der Waals surface area contributed by atoms with Crippen molar-refractivity contribution in [1.82, 2.24) is 4.90 Å². The zero-order valence-corrected chi connectivity index (χ0v) is 12.4. The number of morpholine rings is 1. The second kappa shape index (κ2) is 7.08. The van der Waals surface area contributed by atoms with Gasteiger partial charge in [0.15, 0.2) is 5.78 Å². The first-order chi connectivity index (χ1) is 9.22. The fourth-order valence-corrected chi connectivity index (χ4v) is 3.02. The molecule has 1 atom stereocenters. The first kappa shape index (κ1) is 14.6. The number of ketones is 1. The Balaban J connectivity index is 1.99. The smallest absolute Gasteiger partial charge is 0.165 e. The Hall–Kier alpha value is -0.840. The Morgan fingerprint density at radius 2 is 2.05 bits per heavy atom. The highest BCUT2D eigenvalue weighted by molar-refractivity contribution is 7.98. The summed E-state index contributed by atoms with van der Waals surface area (Å²) >= 11 is 1.63. The lowest BCUT2D eigenvalue weighted by Gasteiger charge is -2.32. The number of hydrogen-bond acceptors (Lipinski definition) is 4. The molecule has 1 aromatic carbocycles. The minimum Gasteiger partial charge on any atom is -0.379 e. The van der Waals surface area contributed by atoms with Crippen molar-refractivity contribution < 1.29 is 9.53 Å². The van der Waals surface area contributed by atoms with Crippen LogP contribution in [0.15, 0.2) is 29.2 Å². The van der Waals surface area contributed by atoms with E-state index in [0.717, 1.165) is 36.8 Å². The lowest BCUT2D eigenvalue weighted by Crippen LogP contribution is -2.43. The van der Waals surface area contributed by atoms with Gasteiger partial charge in [0, 0.05) is 36.0 Å². The van der Waals surface area contributed by atoms with Gasteiger partial charge >= 0.3 is 0 Å². The molecule has 0 aliphatic carbocycles. The third-order valence-electron chi connectivity index (χ3n) is 3.56. The molecule has 0 amide bonds. The number of ether oxygens (including phenoxy) is 1. The van der Waals surface area contributed by atoms with Crippen LogP contribution >= 0.6 is 11.8 Å². The molecule has 1 aromatic rings. The van der Waals surface area contributed by atoms with Crippen LogP contribution in [0.2, 0.25) is 0 Å². The fraction of sp³-hybridized carbons (Fsp3) is 0.533. The summed E-state index contributed by atoms with van der Waals surface area (Å²) < 4.78 is 5.35. The van der Waals surface area contributed by atoms with E-state index in [1.807, 2.05) is 30.5 Å². The van der Waals surface area contributed by atoms with Gasteiger partial charge in [0.1, 0.15) is 0 Å². The summed E-state index contributed by atoms with van der Waals surface area (Å²) in [5.41, 5.74) is 0.857. The van der Waals surface area contributed by atoms with E-state index in [1.54, 1.807) is 11.8 Å². The minimum absolute atomic E-state index is 0.240. The highest BCUT2D eigenvalue weighted by atomic mass is 32.2. The van der Waals surface area contributed by atoms with Gasteiger partial charge in [-0.25, -0.2) is 0 Å². The Kier molecular flexibility index (Phi) is 5.43. The molecule has 104 valence electrons. The van der Waals surface area contributed by atoms with Gasteiger partial charge in [0.05, 0.1) is 13.2 Å². The molecule has 0 spiro atoms. The number of nitrogens with zero attached hydrogens (tertiary/aromatic N) is 1. The molecule has 0 saturated carbocycles. The van der Waals surface area contributed by atoms with Crippen LogP contribution in [0.1, 0.15) is 23.7 Å². The van der Waals surface area contributed by atoms with Gasteiger partial charge in [-0.3, -0.25) is 9.69 Å². The number of hydrogen-bond donors (Lipinski definition) is 0. The summed E-state index contributed by atoms with van der Waals surface area (Å²) in [6, 6.07) is 8.14. The quantitative estimate of drug-likeness (QED) is 0.612. The molecule has 1 aliphatic heterocycles. The molecule has 4 heteroatoms. The zero-order chi connectivity index (χ0) is 13.7. The molecule has 3 nitrogen and oxygen atoms in total. The van der Waals surface area contributed by atoms with Crippen LogP contribution in [0, 0.1) is 0 Å². The van der Waals surface area contributed by atoms with Gasteiger partial charge in [-0.2, -0.15) is 0 Å². The normalized spacial score (nSPS) is 18.2. The van der Waals surface area contributed by atoms with Crippen LogP contribution < -0.4 is 0 Å². The summed E-state index contributed by atoms with van der Waals surface area (Å²) in [4.78, 5) is 15.8. The van der Waals surface area contributed by atoms with Crippen LogP contribution in [0.25, 0.3) is 0 Å². The second-order valence-corrected chi connectivity index (χ2v) is 5.67. The van der Waals surface area contributed by atoms with Gasteiger partial charge in [-0.1, -0.05) is 18.2 Å². The van der Waals surface area contributed by atoms with Crippen molar-refractivity contribution >= 4 is 17.5 Å². The SMILES string of the molecule is CSc1ccccc1C(=O)CC(C)N1CCOCC1. The van der Waals surface area contributed by atoms with Crippen LogP contribution in [0.5, 0.6) is 0 Å². The number of carbonyl (C=O) groups is 1. The van der Waals surface area contributed by atoms with Crippen LogP contribution in [0.3, 0.4) is 0 Å². The van der Waals surface area contributed by atoms with Crippen molar-refractivity contribution in [3.05, 3.63) is 29.8 Å². The Labute approximate surface area is 119 Å². The molecule has 1 saturated heterocycles. The molecule has 0 bridgehead atoms. The van der Waals surface area contributed by atoms with E-state index in [1.165, 1.54) is 0 Å². The van der Waals surface area contributed by atoms with E-state index in [2.05, 4.69) is 11.8 Å². The summed E-state index contributed by atoms with van der Waals surface area (Å²) in [6.07, 6.45) is 2.59. The predicted molar refractivity (Wildman–Crippen MR) is 79.0 cm³/mol. The van der Waals surface area contributed by atoms with Gasteiger partial charge in [0.2, 0.25) is 0 Å². The number of Topliss-reactive ketones (excluding diaryl/α,β-unsaturated/α-hetero) is 1. The zero-order valence-electron chi connectivity index (χ0n) is 11.6. The molecule has 0 N–H and O–H groups in total. The van der Waals surface area contributed by atoms with E-state index in [-0.39, 0.29) is 11.8 Å². The van der Waals surface area contributed by atoms with Crippen molar-refractivity contribution in [2.75, 3.05) is 32.6 Å². The van der Waals surface area contributed by atoms with Gasteiger partial charge in [0.25, 0.3) is 0 Å². The van der Waals surface area contributed by atoms with Crippen LogP contribution in [-0.2, 0) is 4.74 Å². The summed E-state index contributed by atoms with van der Waals surface area (Å²) in [5, 5.41) is 0. The number of thioether (sulfide) groups is 1. The maximum Gasteiger partial charge on any atom is 0.165 e. The number of rotatable bonds is 5. The molecule has 1 heterocycles. The van der Waals surface area contributed by atoms with E-state index in [9.17, 15) is 4.79 Å². The van der Waals surface area contributed by atoms with E-state index in [0.29, 0.717) is 6.42 Å². The van der Waals surface area contributed by atoms with E-state index >= 15 is 0 Å². The third-order valence-corrected chi connectivity index (χ3v) is 4.35. The van der Waals surface area contributed by atoms with Crippen molar-refractivity contribution in [2.45, 2.75) is 24.3 Å². The van der Waals surface area contributed by atoms with E-state index in [4.69, 9.17) is 4.74 Å². The molecule has 0 radical (unpaired) electrons. The number of benzene rings is 1. The van der Waals surface area contributed by atoms with Gasteiger partial charge in [-0.15, -0.1) is 11.8 Å². The first-order valence-corrected chi connectivity index (χ1v) is 7.93. The van der Waals surface area contributed by atoms with E-state index < -0.39 is 0 Å². The average molecular weight is 279 g/mol. The molecule has 1 aliphatic rings. The molecule has 19 heavy (non-hydrogen) atoms.